The molecule has 3 N–H and O–H groups in total. The van der Waals surface area contributed by atoms with Crippen molar-refractivity contribution in [3.8, 4) is 5.75 Å². The molecule has 1 aliphatic rings. The normalized spacial score (nSPS) is 17.6. The van der Waals surface area contributed by atoms with Crippen LogP contribution in [0.15, 0.2) is 24.3 Å². The highest BCUT2D eigenvalue weighted by Gasteiger charge is 2.43. The summed E-state index contributed by atoms with van der Waals surface area (Å²) in [7, 11) is 0. The van der Waals surface area contributed by atoms with E-state index in [9.17, 15) is 4.79 Å². The van der Waals surface area contributed by atoms with Crippen LogP contribution in [0.1, 0.15) is 25.3 Å². The monoisotopic (exact) mass is 262 g/mol. The molecule has 0 saturated heterocycles. The van der Waals surface area contributed by atoms with E-state index in [1.54, 1.807) is 6.92 Å². The van der Waals surface area contributed by atoms with Crippen molar-refractivity contribution in [1.82, 2.24) is 5.32 Å². The second kappa shape index (κ2) is 5.61. The number of carbonyl (C=O) groups excluding carboxylic acids is 1. The summed E-state index contributed by atoms with van der Waals surface area (Å²) in [5.74, 6) is 1.08. The van der Waals surface area contributed by atoms with Gasteiger partial charge in [0, 0.05) is 0 Å². The van der Waals surface area contributed by atoms with E-state index in [1.165, 1.54) is 0 Å². The fraction of sp³-hybridized carbons (Fsp3) is 0.533. The maximum Gasteiger partial charge on any atom is 0.240 e. The molecule has 2 rings (SSSR count). The predicted octanol–water partition coefficient (Wildman–Crippen LogP) is 1.62. The maximum absolute atomic E-state index is 11.9. The first kappa shape index (κ1) is 13.9. The Morgan fingerprint density at radius 2 is 2.26 bits per heavy atom. The van der Waals surface area contributed by atoms with Crippen LogP contribution in [0.25, 0.3) is 0 Å². The van der Waals surface area contributed by atoms with E-state index in [1.807, 2.05) is 31.2 Å². The fourth-order valence-corrected chi connectivity index (χ4v) is 2.10. The third-order valence-corrected chi connectivity index (χ3v) is 3.56. The minimum Gasteiger partial charge on any atom is -0.492 e. The molecule has 1 aromatic rings. The molecule has 1 amide bonds. The lowest BCUT2D eigenvalue weighted by Gasteiger charge is -2.23. The van der Waals surface area contributed by atoms with Gasteiger partial charge in [-0.15, -0.1) is 0 Å². The Labute approximate surface area is 114 Å². The van der Waals surface area contributed by atoms with Gasteiger partial charge in [0.2, 0.25) is 5.91 Å². The number of ether oxygens (including phenoxy) is 1. The van der Waals surface area contributed by atoms with Crippen LogP contribution in [0.2, 0.25) is 0 Å². The molecule has 0 aliphatic heterocycles. The quantitative estimate of drug-likeness (QED) is 0.766. The molecule has 1 fully saturated rings. The van der Waals surface area contributed by atoms with Gasteiger partial charge in [0.1, 0.15) is 12.4 Å². The minimum absolute atomic E-state index is 0.0807. The zero-order valence-electron chi connectivity index (χ0n) is 11.6. The minimum atomic E-state index is -0.733. The van der Waals surface area contributed by atoms with Gasteiger partial charge in [0.05, 0.1) is 12.1 Å². The van der Waals surface area contributed by atoms with Crippen LogP contribution >= 0.6 is 0 Å². The van der Waals surface area contributed by atoms with Crippen molar-refractivity contribution >= 4 is 5.91 Å². The Morgan fingerprint density at radius 1 is 1.53 bits per heavy atom. The Morgan fingerprint density at radius 3 is 2.89 bits per heavy atom. The van der Waals surface area contributed by atoms with Crippen molar-refractivity contribution in [3.05, 3.63) is 29.8 Å². The summed E-state index contributed by atoms with van der Waals surface area (Å²) in [5.41, 5.74) is 6.45. The number of rotatable bonds is 6. The molecule has 0 radical (unpaired) electrons. The van der Waals surface area contributed by atoms with Crippen molar-refractivity contribution < 1.29 is 9.53 Å². The van der Waals surface area contributed by atoms with Gasteiger partial charge in [-0.2, -0.15) is 0 Å². The van der Waals surface area contributed by atoms with Gasteiger partial charge in [-0.25, -0.2) is 0 Å². The molecule has 1 unspecified atom stereocenters. The van der Waals surface area contributed by atoms with Crippen molar-refractivity contribution in [2.45, 2.75) is 32.2 Å². The number of nitrogens with two attached hydrogens (primary N) is 1. The molecule has 4 nitrogen and oxygen atoms in total. The number of benzene rings is 1. The summed E-state index contributed by atoms with van der Waals surface area (Å²) >= 11 is 0. The van der Waals surface area contributed by atoms with Gasteiger partial charge < -0.3 is 15.8 Å². The van der Waals surface area contributed by atoms with Crippen LogP contribution in [-0.4, -0.2) is 24.6 Å². The smallest absolute Gasteiger partial charge is 0.240 e. The van der Waals surface area contributed by atoms with Crippen LogP contribution in [0.5, 0.6) is 5.75 Å². The third-order valence-electron chi connectivity index (χ3n) is 3.56. The fourth-order valence-electron chi connectivity index (χ4n) is 2.10. The van der Waals surface area contributed by atoms with Crippen LogP contribution in [0, 0.1) is 12.8 Å². The number of hydrogen-bond acceptors (Lipinski definition) is 3. The number of carbonyl (C=O) groups is 1. The Kier molecular flexibility index (Phi) is 4.10. The van der Waals surface area contributed by atoms with Crippen molar-refractivity contribution in [3.63, 3.8) is 0 Å². The first-order chi connectivity index (χ1) is 9.00. The summed E-state index contributed by atoms with van der Waals surface area (Å²) < 4.78 is 5.57. The summed E-state index contributed by atoms with van der Waals surface area (Å²) in [4.78, 5) is 11.9. The summed E-state index contributed by atoms with van der Waals surface area (Å²) in [6, 6.07) is 7.85. The lowest BCUT2D eigenvalue weighted by molar-refractivity contribution is -0.126. The Balaban J connectivity index is 1.70. The molecule has 0 heterocycles. The van der Waals surface area contributed by atoms with E-state index in [0.29, 0.717) is 19.1 Å². The highest BCUT2D eigenvalue weighted by Crippen LogP contribution is 2.37. The van der Waals surface area contributed by atoms with Gasteiger partial charge in [0.25, 0.3) is 0 Å². The zero-order chi connectivity index (χ0) is 13.9. The molecule has 19 heavy (non-hydrogen) atoms. The largest absolute Gasteiger partial charge is 0.492 e. The van der Waals surface area contributed by atoms with Gasteiger partial charge in [-0.3, -0.25) is 4.79 Å². The highest BCUT2D eigenvalue weighted by molar-refractivity contribution is 5.86. The molecular formula is C15H22N2O2. The van der Waals surface area contributed by atoms with Crippen molar-refractivity contribution in [2.24, 2.45) is 11.7 Å². The Hall–Kier alpha value is -1.55. The van der Waals surface area contributed by atoms with Crippen LogP contribution in [0.4, 0.5) is 0 Å². The molecular weight excluding hydrogens is 240 g/mol. The van der Waals surface area contributed by atoms with Crippen molar-refractivity contribution in [1.29, 1.82) is 0 Å². The van der Waals surface area contributed by atoms with Gasteiger partial charge in [-0.05, 0) is 50.3 Å². The second-order valence-electron chi connectivity index (χ2n) is 5.48. The van der Waals surface area contributed by atoms with E-state index >= 15 is 0 Å². The topological polar surface area (TPSA) is 64.3 Å². The van der Waals surface area contributed by atoms with E-state index in [4.69, 9.17) is 10.5 Å². The maximum atomic E-state index is 11.9. The molecule has 0 spiro atoms. The lowest BCUT2D eigenvalue weighted by Crippen LogP contribution is -2.54. The van der Waals surface area contributed by atoms with E-state index in [2.05, 4.69) is 5.32 Å². The SMILES string of the molecule is Cc1cccc(OCCNC(=O)C(C)(N)C2CC2)c1. The molecule has 1 aromatic carbocycles. The van der Waals surface area contributed by atoms with E-state index in [0.717, 1.165) is 24.2 Å². The summed E-state index contributed by atoms with van der Waals surface area (Å²) in [5, 5.41) is 2.84. The predicted molar refractivity (Wildman–Crippen MR) is 75.0 cm³/mol. The second-order valence-corrected chi connectivity index (χ2v) is 5.48. The number of amides is 1. The number of nitrogens with one attached hydrogen (secondary N) is 1. The van der Waals surface area contributed by atoms with E-state index < -0.39 is 5.54 Å². The number of aryl methyl sites for hydroxylation is 1. The molecule has 0 aromatic heterocycles. The van der Waals surface area contributed by atoms with Crippen LogP contribution in [-0.2, 0) is 4.79 Å². The molecule has 1 aliphatic carbocycles. The zero-order valence-corrected chi connectivity index (χ0v) is 11.6. The standard InChI is InChI=1S/C15H22N2O2/c1-11-4-3-5-13(10-11)19-9-8-17-14(18)15(2,16)12-6-7-12/h3-5,10,12H,6-9,16H2,1-2H3,(H,17,18). The van der Waals surface area contributed by atoms with Gasteiger partial charge in [0.15, 0.2) is 0 Å². The van der Waals surface area contributed by atoms with Crippen LogP contribution < -0.4 is 15.8 Å². The molecule has 104 valence electrons. The van der Waals surface area contributed by atoms with Crippen LogP contribution in [0.3, 0.4) is 0 Å². The highest BCUT2D eigenvalue weighted by atomic mass is 16.5. The van der Waals surface area contributed by atoms with Crippen molar-refractivity contribution in [2.75, 3.05) is 13.2 Å². The third kappa shape index (κ3) is 3.70. The summed E-state index contributed by atoms with van der Waals surface area (Å²) in [6.07, 6.45) is 2.11. The average Bonchev–Trinajstić information content (AvgIpc) is 3.18. The molecule has 1 atom stereocenters. The molecule has 4 heteroatoms. The average molecular weight is 262 g/mol. The summed E-state index contributed by atoms with van der Waals surface area (Å²) in [6.45, 7) is 4.76. The van der Waals surface area contributed by atoms with Gasteiger partial charge >= 0.3 is 0 Å². The Bertz CT molecular complexity index is 453. The first-order valence-corrected chi connectivity index (χ1v) is 6.77. The number of hydrogen-bond donors (Lipinski definition) is 2. The first-order valence-electron chi connectivity index (χ1n) is 6.77. The molecule has 1 saturated carbocycles. The van der Waals surface area contributed by atoms with E-state index in [-0.39, 0.29) is 5.91 Å². The lowest BCUT2D eigenvalue weighted by atomic mass is 9.96. The molecule has 0 bridgehead atoms. The van der Waals surface area contributed by atoms with Gasteiger partial charge in [-0.1, -0.05) is 12.1 Å².